The normalized spacial score (nSPS) is 8.14. The van der Waals surface area contributed by atoms with Crippen molar-refractivity contribution >= 4 is 41.1 Å². The largest absolute Gasteiger partial charge is 0.481 e. The molecule has 0 atom stereocenters. The Hall–Kier alpha value is -1.79. The number of aliphatic carboxylic acids is 2. The highest BCUT2D eigenvalue weighted by molar-refractivity contribution is 6.55. The van der Waals surface area contributed by atoms with Crippen molar-refractivity contribution in [2.45, 2.75) is 26.2 Å². The number of rotatable bonds is 7. The van der Waals surface area contributed by atoms with Crippen LogP contribution in [0.4, 0.5) is 0 Å². The molecule has 126 valence electrons. The number of hydrogen-bond donors (Lipinski definition) is 2. The maximum absolute atomic E-state index is 10.3. The molecule has 0 aliphatic heterocycles. The lowest BCUT2D eigenvalue weighted by atomic mass is 10.2. The van der Waals surface area contributed by atoms with Gasteiger partial charge in [-0.05, 0) is 6.42 Å². The minimum absolute atomic E-state index is 0.111. The molecule has 0 rings (SSSR count). The Balaban J connectivity index is -0.000000266. The zero-order valence-corrected chi connectivity index (χ0v) is 13.8. The molecule has 0 spiro atoms. The Bertz CT molecular complexity index is 400. The molecular weight excluding hydrogens is 335 g/mol. The van der Waals surface area contributed by atoms with Gasteiger partial charge in [-0.3, -0.25) is 4.79 Å². The molecule has 0 radical (unpaired) electrons. The van der Waals surface area contributed by atoms with Gasteiger partial charge in [-0.25, -0.2) is 9.59 Å². The number of carbonyl (C=O) groups is 3. The number of carboxylic acid groups (broad SMARTS) is 2. The highest BCUT2D eigenvalue weighted by Crippen LogP contribution is 1.98. The predicted molar refractivity (Wildman–Crippen MR) is 85.9 cm³/mol. The third-order valence-corrected chi connectivity index (χ3v) is 1.58. The van der Waals surface area contributed by atoms with E-state index >= 15 is 0 Å². The summed E-state index contributed by atoms with van der Waals surface area (Å²) in [5.74, 6) is -2.77. The number of halogens is 2. The van der Waals surface area contributed by atoms with Crippen molar-refractivity contribution in [3.63, 3.8) is 0 Å². The van der Waals surface area contributed by atoms with Crippen LogP contribution in [0.25, 0.3) is 0 Å². The smallest absolute Gasteiger partial charge is 0.331 e. The van der Waals surface area contributed by atoms with Crippen molar-refractivity contribution in [3.8, 4) is 0 Å². The molecule has 0 aliphatic carbocycles. The average Bonchev–Trinajstić information content (AvgIpc) is 2.38. The first-order valence-corrected chi connectivity index (χ1v) is 6.75. The fourth-order valence-electron chi connectivity index (χ4n) is 0.634. The summed E-state index contributed by atoms with van der Waals surface area (Å²) in [5.41, 5.74) is -0.303. The third kappa shape index (κ3) is 30.9. The van der Waals surface area contributed by atoms with Gasteiger partial charge in [-0.2, -0.15) is 0 Å². The van der Waals surface area contributed by atoms with Crippen molar-refractivity contribution in [2.24, 2.45) is 0 Å². The number of unbranched alkanes of at least 4 members (excludes halogenated alkanes) is 1. The molecule has 0 aromatic rings. The number of ether oxygens (including phenoxy) is 1. The van der Waals surface area contributed by atoms with E-state index < -0.39 is 18.4 Å². The lowest BCUT2D eigenvalue weighted by molar-refractivity contribution is -0.139. The summed E-state index contributed by atoms with van der Waals surface area (Å²) < 4.78 is 4.79. The van der Waals surface area contributed by atoms with Gasteiger partial charge < -0.3 is 14.9 Å². The Morgan fingerprint density at radius 1 is 1.18 bits per heavy atom. The van der Waals surface area contributed by atoms with Crippen molar-refractivity contribution in [1.82, 2.24) is 0 Å². The molecule has 0 saturated carbocycles. The minimum Gasteiger partial charge on any atom is -0.481 e. The molecular formula is C14H20Cl2O6. The van der Waals surface area contributed by atoms with E-state index in [-0.39, 0.29) is 16.0 Å². The maximum Gasteiger partial charge on any atom is 0.331 e. The molecule has 0 unspecified atom stereocenters. The average molecular weight is 355 g/mol. The molecule has 0 bridgehead atoms. The van der Waals surface area contributed by atoms with E-state index in [1.807, 2.05) is 6.92 Å². The van der Waals surface area contributed by atoms with Crippen LogP contribution in [0.15, 0.2) is 35.9 Å². The zero-order valence-electron chi connectivity index (χ0n) is 12.3. The van der Waals surface area contributed by atoms with E-state index in [4.69, 9.17) is 33.4 Å². The van der Waals surface area contributed by atoms with E-state index in [9.17, 15) is 14.4 Å². The van der Waals surface area contributed by atoms with Gasteiger partial charge in [-0.1, -0.05) is 56.3 Å². The second kappa shape index (κ2) is 17.3. The van der Waals surface area contributed by atoms with Gasteiger partial charge in [0.25, 0.3) is 0 Å². The number of hydrogen-bond acceptors (Lipinski definition) is 4. The van der Waals surface area contributed by atoms with Crippen LogP contribution in [0.3, 0.4) is 0 Å². The molecule has 0 fully saturated rings. The molecule has 0 aromatic carbocycles. The molecule has 0 aromatic heterocycles. The number of carbonyl (C=O) groups excluding carboxylic acids is 1. The van der Waals surface area contributed by atoms with E-state index in [0.717, 1.165) is 12.8 Å². The molecule has 6 nitrogen and oxygen atoms in total. The van der Waals surface area contributed by atoms with Gasteiger partial charge in [-0.15, -0.1) is 0 Å². The molecule has 2 N–H and O–H groups in total. The van der Waals surface area contributed by atoms with Crippen LogP contribution >= 0.6 is 23.2 Å². The van der Waals surface area contributed by atoms with Crippen LogP contribution < -0.4 is 0 Å². The van der Waals surface area contributed by atoms with Gasteiger partial charge >= 0.3 is 17.9 Å². The summed E-state index contributed by atoms with van der Waals surface area (Å²) in [6.07, 6.45) is 2.65. The first-order valence-electron chi connectivity index (χ1n) is 6.00. The van der Waals surface area contributed by atoms with Crippen molar-refractivity contribution in [2.75, 3.05) is 6.61 Å². The van der Waals surface area contributed by atoms with E-state index in [2.05, 4.69) is 24.5 Å². The van der Waals surface area contributed by atoms with Gasteiger partial charge in [0.05, 0.1) is 17.5 Å². The number of esters is 1. The molecule has 0 heterocycles. The molecule has 0 aliphatic rings. The quantitative estimate of drug-likeness (QED) is 0.411. The summed E-state index contributed by atoms with van der Waals surface area (Å²) >= 11 is 9.69. The minimum atomic E-state index is -1.27. The standard InChI is InChI=1S/C7H12O2.C5H6O4.C2H2Cl2/c1-3-5-6-9-7(8)4-2;1-3(5(8)9)2-4(6)7;1-2(3)4/h4H,2-3,5-6H2,1H3;1-2H2,(H,6,7)(H,8,9);1H2. The van der Waals surface area contributed by atoms with Crippen LogP contribution in [0.1, 0.15) is 26.2 Å². The Morgan fingerprint density at radius 3 is 1.86 bits per heavy atom. The van der Waals surface area contributed by atoms with Gasteiger partial charge in [0, 0.05) is 11.6 Å². The van der Waals surface area contributed by atoms with Crippen LogP contribution in [-0.4, -0.2) is 34.7 Å². The second-order valence-corrected chi connectivity index (χ2v) is 4.65. The number of carboxylic acids is 2. The van der Waals surface area contributed by atoms with E-state index in [1.54, 1.807) is 0 Å². The highest BCUT2D eigenvalue weighted by atomic mass is 35.5. The Kier molecular flexibility index (Phi) is 19.8. The van der Waals surface area contributed by atoms with Crippen LogP contribution in [-0.2, 0) is 19.1 Å². The highest BCUT2D eigenvalue weighted by Gasteiger charge is 2.07. The van der Waals surface area contributed by atoms with Crippen molar-refractivity contribution < 1.29 is 29.3 Å². The molecule has 22 heavy (non-hydrogen) atoms. The van der Waals surface area contributed by atoms with E-state index in [0.29, 0.717) is 6.61 Å². The third-order valence-electron chi connectivity index (χ3n) is 1.58. The Labute approximate surface area is 139 Å². The Morgan fingerprint density at radius 2 is 1.64 bits per heavy atom. The summed E-state index contributed by atoms with van der Waals surface area (Å²) in [6.45, 7) is 11.9. The lowest BCUT2D eigenvalue weighted by Crippen LogP contribution is -2.04. The first kappa shape index (κ1) is 25.2. The maximum atomic E-state index is 10.3. The van der Waals surface area contributed by atoms with Crippen LogP contribution in [0, 0.1) is 0 Å². The van der Waals surface area contributed by atoms with E-state index in [1.165, 1.54) is 6.08 Å². The summed E-state index contributed by atoms with van der Waals surface area (Å²) in [5, 5.41) is 16.1. The van der Waals surface area contributed by atoms with Gasteiger partial charge in [0.2, 0.25) is 0 Å². The fraction of sp³-hybridized carbons (Fsp3) is 0.357. The first-order chi connectivity index (χ1) is 10.1. The van der Waals surface area contributed by atoms with Gasteiger partial charge in [0.15, 0.2) is 0 Å². The fourth-order valence-corrected chi connectivity index (χ4v) is 0.634. The molecule has 0 saturated heterocycles. The predicted octanol–water partition coefficient (Wildman–Crippen LogP) is 3.55. The topological polar surface area (TPSA) is 101 Å². The molecule has 8 heteroatoms. The van der Waals surface area contributed by atoms with Crippen LogP contribution in [0.2, 0.25) is 0 Å². The SMILES string of the molecule is C=C(CC(=O)O)C(=O)O.C=C(Cl)Cl.C=CC(=O)OCCCC. The second-order valence-electron chi connectivity index (χ2n) is 3.54. The monoisotopic (exact) mass is 354 g/mol. The summed E-state index contributed by atoms with van der Waals surface area (Å²) in [7, 11) is 0. The summed E-state index contributed by atoms with van der Waals surface area (Å²) in [6, 6.07) is 0. The molecule has 0 amide bonds. The lowest BCUT2D eigenvalue weighted by Gasteiger charge is -1.97. The summed E-state index contributed by atoms with van der Waals surface area (Å²) in [4.78, 5) is 30.0. The van der Waals surface area contributed by atoms with Crippen molar-refractivity contribution in [1.29, 1.82) is 0 Å². The van der Waals surface area contributed by atoms with Crippen molar-refractivity contribution in [3.05, 3.63) is 35.9 Å². The van der Waals surface area contributed by atoms with Gasteiger partial charge in [0.1, 0.15) is 0 Å². The zero-order chi connectivity index (χ0) is 18.1. The van der Waals surface area contributed by atoms with Crippen LogP contribution in [0.5, 0.6) is 0 Å².